The summed E-state index contributed by atoms with van der Waals surface area (Å²) in [4.78, 5) is 36.7. The third kappa shape index (κ3) is 4.29. The van der Waals surface area contributed by atoms with E-state index in [0.29, 0.717) is 30.4 Å². The fourth-order valence-electron chi connectivity index (χ4n) is 3.57. The molecule has 3 aromatic heterocycles. The minimum atomic E-state index is -0.465. The van der Waals surface area contributed by atoms with Crippen LogP contribution in [0, 0.1) is 0 Å². The summed E-state index contributed by atoms with van der Waals surface area (Å²) in [5, 5.41) is 0.834. The molecule has 168 valence electrons. The standard InChI is InChI=1S/C22H25N5O5/c1-4-31-22(29)26-9-10-27(20(28)13-26)18-12-25(2)21-17(18)7-8-19(24-21)32-14-15-5-6-16(30-3)11-23-15/h5-8,11-12H,4,9-10,13-14H2,1-3H3. The van der Waals surface area contributed by atoms with Gasteiger partial charge >= 0.3 is 6.09 Å². The Balaban J connectivity index is 1.48. The maximum absolute atomic E-state index is 12.7. The number of anilines is 1. The van der Waals surface area contributed by atoms with Crippen LogP contribution in [0.5, 0.6) is 11.6 Å². The fraction of sp³-hybridized carbons (Fsp3) is 0.364. The summed E-state index contributed by atoms with van der Waals surface area (Å²) >= 11 is 0. The number of nitrogens with zero attached hydrogens (tertiary/aromatic N) is 5. The highest BCUT2D eigenvalue weighted by Gasteiger charge is 2.30. The zero-order valence-electron chi connectivity index (χ0n) is 18.3. The number of pyridine rings is 2. The number of fused-ring (bicyclic) bond motifs is 1. The van der Waals surface area contributed by atoms with Crippen LogP contribution < -0.4 is 14.4 Å². The highest BCUT2D eigenvalue weighted by molar-refractivity contribution is 6.04. The van der Waals surface area contributed by atoms with Crippen molar-refractivity contribution in [3.8, 4) is 11.6 Å². The summed E-state index contributed by atoms with van der Waals surface area (Å²) in [6, 6.07) is 7.32. The van der Waals surface area contributed by atoms with Crippen LogP contribution in [0.1, 0.15) is 12.6 Å². The molecule has 4 rings (SSSR count). The minimum Gasteiger partial charge on any atom is -0.495 e. The maximum atomic E-state index is 12.7. The molecule has 1 aliphatic heterocycles. The monoisotopic (exact) mass is 439 g/mol. The number of amides is 2. The Bertz CT molecular complexity index is 1130. The number of carbonyl (C=O) groups is 2. The van der Waals surface area contributed by atoms with Gasteiger partial charge in [-0.2, -0.15) is 4.98 Å². The summed E-state index contributed by atoms with van der Waals surface area (Å²) in [7, 11) is 3.46. The molecule has 10 nitrogen and oxygen atoms in total. The van der Waals surface area contributed by atoms with E-state index in [1.807, 2.05) is 36.0 Å². The van der Waals surface area contributed by atoms with Crippen LogP contribution in [0.2, 0.25) is 0 Å². The Kier molecular flexibility index (Phi) is 6.11. The number of aryl methyl sites for hydroxylation is 1. The van der Waals surface area contributed by atoms with Crippen molar-refractivity contribution in [3.05, 3.63) is 42.4 Å². The third-order valence-corrected chi connectivity index (χ3v) is 5.21. The molecule has 32 heavy (non-hydrogen) atoms. The van der Waals surface area contributed by atoms with Crippen LogP contribution in [-0.4, -0.2) is 64.8 Å². The van der Waals surface area contributed by atoms with Crippen LogP contribution in [-0.2, 0) is 23.2 Å². The van der Waals surface area contributed by atoms with E-state index >= 15 is 0 Å². The van der Waals surface area contributed by atoms with Crippen molar-refractivity contribution < 1.29 is 23.8 Å². The molecule has 1 saturated heterocycles. The van der Waals surface area contributed by atoms with E-state index in [1.54, 1.807) is 31.2 Å². The number of carbonyl (C=O) groups excluding carboxylic acids is 2. The predicted molar refractivity (Wildman–Crippen MR) is 117 cm³/mol. The lowest BCUT2D eigenvalue weighted by Gasteiger charge is -2.33. The van der Waals surface area contributed by atoms with Crippen LogP contribution in [0.4, 0.5) is 10.5 Å². The SMILES string of the molecule is CCOC(=O)N1CCN(c2cn(C)c3nc(OCc4ccc(OC)cn4)ccc23)C(=O)C1. The fourth-order valence-corrected chi connectivity index (χ4v) is 3.57. The Morgan fingerprint density at radius 1 is 1.19 bits per heavy atom. The predicted octanol–water partition coefficient (Wildman–Crippen LogP) is 2.36. The molecule has 4 heterocycles. The quantitative estimate of drug-likeness (QED) is 0.581. The molecule has 0 saturated carbocycles. The molecule has 0 radical (unpaired) electrons. The van der Waals surface area contributed by atoms with E-state index in [0.717, 1.165) is 16.8 Å². The van der Waals surface area contributed by atoms with Crippen molar-refractivity contribution >= 4 is 28.7 Å². The molecular formula is C22H25N5O5. The van der Waals surface area contributed by atoms with Gasteiger partial charge in [-0.05, 0) is 25.1 Å². The second-order valence-electron chi connectivity index (χ2n) is 7.29. The molecule has 10 heteroatoms. The molecule has 0 unspecified atom stereocenters. The first-order valence-electron chi connectivity index (χ1n) is 10.3. The number of piperazine rings is 1. The maximum Gasteiger partial charge on any atom is 0.410 e. The van der Waals surface area contributed by atoms with E-state index in [-0.39, 0.29) is 25.7 Å². The first kappa shape index (κ1) is 21.4. The van der Waals surface area contributed by atoms with Gasteiger partial charge < -0.3 is 23.7 Å². The molecule has 2 amide bonds. The number of ether oxygens (including phenoxy) is 3. The lowest BCUT2D eigenvalue weighted by atomic mass is 10.2. The second kappa shape index (κ2) is 9.13. The van der Waals surface area contributed by atoms with Gasteiger partial charge in [-0.3, -0.25) is 14.7 Å². The van der Waals surface area contributed by atoms with Crippen LogP contribution >= 0.6 is 0 Å². The van der Waals surface area contributed by atoms with Gasteiger partial charge in [0.15, 0.2) is 0 Å². The van der Waals surface area contributed by atoms with Crippen molar-refractivity contribution in [3.63, 3.8) is 0 Å². The van der Waals surface area contributed by atoms with Gasteiger partial charge in [0.25, 0.3) is 0 Å². The van der Waals surface area contributed by atoms with Crippen molar-refractivity contribution in [2.75, 3.05) is 38.3 Å². The third-order valence-electron chi connectivity index (χ3n) is 5.21. The first-order valence-corrected chi connectivity index (χ1v) is 10.3. The second-order valence-corrected chi connectivity index (χ2v) is 7.29. The largest absolute Gasteiger partial charge is 0.495 e. The Morgan fingerprint density at radius 3 is 2.72 bits per heavy atom. The van der Waals surface area contributed by atoms with Crippen molar-refractivity contribution in [1.82, 2.24) is 19.4 Å². The highest BCUT2D eigenvalue weighted by atomic mass is 16.6. The van der Waals surface area contributed by atoms with Crippen molar-refractivity contribution in [2.24, 2.45) is 7.05 Å². The first-order chi connectivity index (χ1) is 15.5. The number of hydrogen-bond acceptors (Lipinski definition) is 7. The molecule has 1 fully saturated rings. The van der Waals surface area contributed by atoms with Gasteiger partial charge in [-0.1, -0.05) is 0 Å². The highest BCUT2D eigenvalue weighted by Crippen LogP contribution is 2.30. The number of hydrogen-bond donors (Lipinski definition) is 0. The Morgan fingerprint density at radius 2 is 2.03 bits per heavy atom. The average Bonchev–Trinajstić information content (AvgIpc) is 3.13. The minimum absolute atomic E-state index is 0.0152. The van der Waals surface area contributed by atoms with Gasteiger partial charge in [-0.15, -0.1) is 0 Å². The summed E-state index contributed by atoms with van der Waals surface area (Å²) in [6.07, 6.45) is 3.04. The molecule has 0 N–H and O–H groups in total. The molecule has 0 bridgehead atoms. The molecule has 0 spiro atoms. The van der Waals surface area contributed by atoms with Crippen molar-refractivity contribution in [1.29, 1.82) is 0 Å². The molecule has 0 aliphatic carbocycles. The topological polar surface area (TPSA) is 99.0 Å². The van der Waals surface area contributed by atoms with E-state index in [4.69, 9.17) is 14.2 Å². The summed E-state index contributed by atoms with van der Waals surface area (Å²) in [5.74, 6) is 0.978. The molecule has 0 aromatic carbocycles. The van der Waals surface area contributed by atoms with E-state index in [2.05, 4.69) is 9.97 Å². The number of aromatic nitrogens is 3. The van der Waals surface area contributed by atoms with Crippen LogP contribution in [0.15, 0.2) is 36.7 Å². The van der Waals surface area contributed by atoms with Crippen molar-refractivity contribution in [2.45, 2.75) is 13.5 Å². The molecular weight excluding hydrogens is 414 g/mol. The summed E-state index contributed by atoms with van der Waals surface area (Å²) in [6.45, 7) is 3.07. The van der Waals surface area contributed by atoms with Gasteiger partial charge in [0.1, 0.15) is 24.5 Å². The lowest BCUT2D eigenvalue weighted by Crippen LogP contribution is -2.52. The Labute approximate surface area is 185 Å². The lowest BCUT2D eigenvalue weighted by molar-refractivity contribution is -0.120. The average molecular weight is 439 g/mol. The van der Waals surface area contributed by atoms with Crippen LogP contribution in [0.3, 0.4) is 0 Å². The molecule has 0 atom stereocenters. The molecule has 1 aliphatic rings. The summed E-state index contributed by atoms with van der Waals surface area (Å²) in [5.41, 5.74) is 2.21. The number of methoxy groups -OCH3 is 1. The normalized spacial score (nSPS) is 14.0. The zero-order valence-corrected chi connectivity index (χ0v) is 18.3. The van der Waals surface area contributed by atoms with Gasteiger partial charge in [0.05, 0.1) is 31.3 Å². The van der Waals surface area contributed by atoms with E-state index < -0.39 is 6.09 Å². The smallest absolute Gasteiger partial charge is 0.410 e. The van der Waals surface area contributed by atoms with Gasteiger partial charge in [0, 0.05) is 37.8 Å². The van der Waals surface area contributed by atoms with E-state index in [1.165, 1.54) is 4.90 Å². The van der Waals surface area contributed by atoms with Crippen LogP contribution in [0.25, 0.3) is 11.0 Å². The van der Waals surface area contributed by atoms with E-state index in [9.17, 15) is 9.59 Å². The number of rotatable bonds is 6. The Hall–Kier alpha value is -3.82. The summed E-state index contributed by atoms with van der Waals surface area (Å²) < 4.78 is 17.8. The van der Waals surface area contributed by atoms with Gasteiger partial charge in [0.2, 0.25) is 11.8 Å². The zero-order chi connectivity index (χ0) is 22.7. The van der Waals surface area contributed by atoms with Gasteiger partial charge in [-0.25, -0.2) is 4.79 Å². The molecule has 3 aromatic rings.